The van der Waals surface area contributed by atoms with Gasteiger partial charge >= 0.3 is 11.9 Å². The highest BCUT2D eigenvalue weighted by Gasteiger charge is 2.72. The Kier molecular flexibility index (Phi) is 8.40. The van der Waals surface area contributed by atoms with E-state index in [4.69, 9.17) is 9.47 Å². The molecule has 47 heavy (non-hydrogen) atoms. The van der Waals surface area contributed by atoms with Gasteiger partial charge in [0.05, 0.1) is 24.2 Å². The molecule has 7 N–H and O–H groups in total. The van der Waals surface area contributed by atoms with Crippen LogP contribution >= 0.6 is 0 Å². The number of aliphatic hydroxyl groups excluding tert-OH is 6. The first-order valence-corrected chi connectivity index (χ1v) is 17.6. The van der Waals surface area contributed by atoms with Gasteiger partial charge in [-0.1, -0.05) is 46.3 Å². The van der Waals surface area contributed by atoms with Crippen molar-refractivity contribution in [3.05, 3.63) is 11.6 Å². The molecule has 15 atom stereocenters. The maximum absolute atomic E-state index is 14.4. The number of carboxylic acid groups (broad SMARTS) is 1. The third-order valence-electron chi connectivity index (χ3n) is 15.2. The number of fused-ring (bicyclic) bond motifs is 7. The molecule has 0 aromatic carbocycles. The van der Waals surface area contributed by atoms with Crippen molar-refractivity contribution in [1.82, 2.24) is 0 Å². The molecule has 0 aromatic rings. The van der Waals surface area contributed by atoms with Crippen LogP contribution < -0.4 is 0 Å². The van der Waals surface area contributed by atoms with Crippen molar-refractivity contribution in [2.75, 3.05) is 6.61 Å². The molecule has 0 spiro atoms. The molecular weight excluding hydrogens is 608 g/mol. The van der Waals surface area contributed by atoms with Crippen LogP contribution in [-0.4, -0.2) is 97.2 Å². The second-order valence-corrected chi connectivity index (χ2v) is 17.7. The summed E-state index contributed by atoms with van der Waals surface area (Å²) in [5, 5.41) is 74.7. The van der Waals surface area contributed by atoms with Crippen LogP contribution in [0, 0.1) is 50.2 Å². The Balaban J connectivity index is 1.39. The van der Waals surface area contributed by atoms with Crippen molar-refractivity contribution in [3.8, 4) is 0 Å². The summed E-state index contributed by atoms with van der Waals surface area (Å²) in [6.07, 6.45) is -2.51. The van der Waals surface area contributed by atoms with E-state index in [1.165, 1.54) is 0 Å². The van der Waals surface area contributed by atoms with Crippen LogP contribution in [0.1, 0.15) is 99.3 Å². The van der Waals surface area contributed by atoms with Gasteiger partial charge in [0.1, 0.15) is 29.8 Å². The zero-order valence-corrected chi connectivity index (χ0v) is 28.7. The molecule has 4 saturated carbocycles. The Bertz CT molecular complexity index is 1310. The SMILES string of the molecule is CC1(C)CC[C@]2(C(=O)O[C@H]3O[C@@H](CO)[C@H](O)[C@@H](O)[C@H]3O)[C@H](O)C[C@]3(C)C(=CC[C@H]4[C@@]5(C)CC[C@H](O)[C@@](C)(C(=O)O)[C@H]5CC[C@]43C)[C@@H]2C1. The predicted molar refractivity (Wildman–Crippen MR) is 168 cm³/mol. The van der Waals surface area contributed by atoms with Gasteiger partial charge < -0.3 is 45.2 Å². The lowest BCUT2D eigenvalue weighted by molar-refractivity contribution is -0.299. The van der Waals surface area contributed by atoms with Crippen molar-refractivity contribution >= 4 is 11.9 Å². The summed E-state index contributed by atoms with van der Waals surface area (Å²) in [6.45, 7) is 12.1. The number of hydrogen-bond acceptors (Lipinski definition) is 10. The largest absolute Gasteiger partial charge is 0.481 e. The van der Waals surface area contributed by atoms with E-state index in [2.05, 4.69) is 40.7 Å². The molecule has 1 aliphatic heterocycles. The zero-order chi connectivity index (χ0) is 34.7. The van der Waals surface area contributed by atoms with Crippen LogP contribution in [0.5, 0.6) is 0 Å². The minimum Gasteiger partial charge on any atom is -0.481 e. The monoisotopic (exact) mass is 664 g/mol. The first-order chi connectivity index (χ1) is 21.7. The molecule has 6 rings (SSSR count). The number of carbonyl (C=O) groups excluding carboxylic acids is 1. The van der Waals surface area contributed by atoms with Crippen molar-refractivity contribution in [2.24, 2.45) is 50.2 Å². The minimum atomic E-state index is -1.74. The third kappa shape index (κ3) is 4.62. The number of aliphatic carboxylic acids is 1. The minimum absolute atomic E-state index is 0.103. The standard InChI is InChI=1S/C36H56O11/c1-31(2)13-14-36(30(45)47-28-27(42)26(41)25(40)20(17-37)46-28)19(15-31)18-7-8-21-32(3)11-10-23(38)35(6,29(43)44)22(32)9-12-33(21,4)34(18,5)16-24(36)39/h7,19-28,37-42H,8-17H2,1-6H3,(H,43,44)/t19-,20-,21-,22-,23-,24+,25-,26+,27+,28+,32+,33+,34+,35-,36+/m0/s1. The first kappa shape index (κ1) is 35.2. The fraction of sp³-hybridized carbons (Fsp3) is 0.889. The van der Waals surface area contributed by atoms with Crippen LogP contribution in [0.2, 0.25) is 0 Å². The molecule has 11 nitrogen and oxygen atoms in total. The van der Waals surface area contributed by atoms with Crippen LogP contribution in [0.3, 0.4) is 0 Å². The highest BCUT2D eigenvalue weighted by atomic mass is 16.7. The van der Waals surface area contributed by atoms with E-state index < -0.39 is 77.7 Å². The molecule has 6 aliphatic rings. The number of carbonyl (C=O) groups is 2. The number of rotatable bonds is 4. The summed E-state index contributed by atoms with van der Waals surface area (Å²) in [6, 6.07) is 0. The third-order valence-corrected chi connectivity index (χ3v) is 15.2. The van der Waals surface area contributed by atoms with Crippen molar-refractivity contribution < 1.29 is 54.8 Å². The normalized spacial score (nSPS) is 53.7. The number of carboxylic acids is 1. The maximum Gasteiger partial charge on any atom is 0.317 e. The smallest absolute Gasteiger partial charge is 0.317 e. The van der Waals surface area contributed by atoms with Gasteiger partial charge in [0.2, 0.25) is 6.29 Å². The van der Waals surface area contributed by atoms with Gasteiger partial charge in [-0.25, -0.2) is 0 Å². The Morgan fingerprint density at radius 1 is 0.851 bits per heavy atom. The van der Waals surface area contributed by atoms with Crippen molar-refractivity contribution in [2.45, 2.75) is 142 Å². The maximum atomic E-state index is 14.4. The van der Waals surface area contributed by atoms with E-state index in [0.29, 0.717) is 44.9 Å². The molecular formula is C36H56O11. The van der Waals surface area contributed by atoms with Gasteiger partial charge in [-0.3, -0.25) is 9.59 Å². The topological polar surface area (TPSA) is 194 Å². The molecule has 0 bridgehead atoms. The van der Waals surface area contributed by atoms with Gasteiger partial charge in [-0.05, 0) is 104 Å². The van der Waals surface area contributed by atoms with Crippen molar-refractivity contribution in [3.63, 3.8) is 0 Å². The second kappa shape index (κ2) is 11.2. The summed E-state index contributed by atoms with van der Waals surface area (Å²) in [4.78, 5) is 27.1. The average molecular weight is 665 g/mol. The Morgan fingerprint density at radius 3 is 2.17 bits per heavy atom. The Morgan fingerprint density at radius 2 is 1.53 bits per heavy atom. The summed E-state index contributed by atoms with van der Waals surface area (Å²) in [7, 11) is 0. The average Bonchev–Trinajstić information content (AvgIpc) is 2.99. The van der Waals surface area contributed by atoms with E-state index in [1.54, 1.807) is 6.92 Å². The molecule has 1 heterocycles. The molecule has 0 aromatic heterocycles. The molecule has 1 saturated heterocycles. The van der Waals surface area contributed by atoms with Gasteiger partial charge in [-0.15, -0.1) is 0 Å². The van der Waals surface area contributed by atoms with Gasteiger partial charge in [0.25, 0.3) is 0 Å². The fourth-order valence-electron chi connectivity index (χ4n) is 12.1. The first-order valence-electron chi connectivity index (χ1n) is 17.6. The molecule has 5 aliphatic carbocycles. The number of ether oxygens (including phenoxy) is 2. The Labute approximate surface area is 277 Å². The van der Waals surface area contributed by atoms with Crippen molar-refractivity contribution in [1.29, 1.82) is 0 Å². The number of allylic oxidation sites excluding steroid dienone is 2. The quantitative estimate of drug-likeness (QED) is 0.172. The van der Waals surface area contributed by atoms with E-state index >= 15 is 0 Å². The molecule has 11 heteroatoms. The van der Waals surface area contributed by atoms with Crippen LogP contribution in [-0.2, 0) is 19.1 Å². The van der Waals surface area contributed by atoms with Gasteiger partial charge in [-0.2, -0.15) is 0 Å². The summed E-state index contributed by atoms with van der Waals surface area (Å²) in [5.74, 6) is -2.16. The van der Waals surface area contributed by atoms with E-state index in [9.17, 15) is 45.3 Å². The summed E-state index contributed by atoms with van der Waals surface area (Å²) < 4.78 is 11.4. The van der Waals surface area contributed by atoms with E-state index in [1.807, 2.05) is 0 Å². The highest BCUT2D eigenvalue weighted by molar-refractivity contribution is 5.80. The molecule has 0 radical (unpaired) electrons. The summed E-state index contributed by atoms with van der Waals surface area (Å²) in [5.41, 5.74) is -2.77. The van der Waals surface area contributed by atoms with E-state index in [-0.39, 0.29) is 34.0 Å². The van der Waals surface area contributed by atoms with Crippen LogP contribution in [0.4, 0.5) is 0 Å². The second-order valence-electron chi connectivity index (χ2n) is 17.7. The van der Waals surface area contributed by atoms with Gasteiger partial charge in [0.15, 0.2) is 0 Å². The molecule has 0 unspecified atom stereocenters. The lowest BCUT2D eigenvalue weighted by Crippen LogP contribution is -2.68. The predicted octanol–water partition coefficient (Wildman–Crippen LogP) is 2.53. The number of hydrogen-bond donors (Lipinski definition) is 7. The molecule has 5 fully saturated rings. The van der Waals surface area contributed by atoms with Crippen LogP contribution in [0.25, 0.3) is 0 Å². The van der Waals surface area contributed by atoms with Crippen LogP contribution in [0.15, 0.2) is 11.6 Å². The molecule has 0 amide bonds. The zero-order valence-electron chi connectivity index (χ0n) is 28.7. The molecule has 266 valence electrons. The lowest BCUT2D eigenvalue weighted by Gasteiger charge is -2.71. The van der Waals surface area contributed by atoms with E-state index in [0.717, 1.165) is 18.4 Å². The summed E-state index contributed by atoms with van der Waals surface area (Å²) >= 11 is 0. The number of esters is 1. The Hall–Kier alpha value is -1.60. The van der Waals surface area contributed by atoms with Gasteiger partial charge in [0, 0.05) is 0 Å². The fourth-order valence-corrected chi connectivity index (χ4v) is 12.1. The highest BCUT2D eigenvalue weighted by Crippen LogP contribution is 2.76. The number of aliphatic hydroxyl groups is 6. The lowest BCUT2D eigenvalue weighted by atomic mass is 9.33.